The second-order valence-electron chi connectivity index (χ2n) is 4.79. The first kappa shape index (κ1) is 11.6. The fraction of sp³-hybridized carbons (Fsp3) is 0.769. The molecule has 90 valence electrons. The maximum atomic E-state index is 5.57. The van der Waals surface area contributed by atoms with Gasteiger partial charge in [0, 0.05) is 12.5 Å². The van der Waals surface area contributed by atoms with Crippen molar-refractivity contribution in [3.05, 3.63) is 17.8 Å². The Balaban J connectivity index is 1.77. The molecule has 0 bridgehead atoms. The molecule has 1 unspecified atom stereocenters. The minimum atomic E-state index is 0.583. The van der Waals surface area contributed by atoms with Gasteiger partial charge < -0.3 is 9.73 Å². The highest BCUT2D eigenvalue weighted by Crippen LogP contribution is 2.27. The number of nitrogens with one attached hydrogen (secondary N) is 1. The smallest absolute Gasteiger partial charge is 0.208 e. The summed E-state index contributed by atoms with van der Waals surface area (Å²) < 4.78 is 5.57. The van der Waals surface area contributed by atoms with Crippen LogP contribution in [0.1, 0.15) is 51.2 Å². The molecule has 0 spiro atoms. The molecule has 2 rings (SSSR count). The molecule has 1 saturated carbocycles. The predicted molar refractivity (Wildman–Crippen MR) is 64.1 cm³/mol. The highest BCUT2D eigenvalue weighted by Gasteiger charge is 2.21. The Labute approximate surface area is 97.6 Å². The van der Waals surface area contributed by atoms with Crippen LogP contribution in [0.15, 0.2) is 10.6 Å². The van der Waals surface area contributed by atoms with Gasteiger partial charge in [-0.1, -0.05) is 19.8 Å². The third-order valence-corrected chi connectivity index (χ3v) is 3.63. The first-order valence-corrected chi connectivity index (χ1v) is 6.46. The Kier molecular flexibility index (Phi) is 3.99. The van der Waals surface area contributed by atoms with Gasteiger partial charge in [-0.05, 0) is 25.7 Å². The van der Waals surface area contributed by atoms with Gasteiger partial charge in [0.2, 0.25) is 5.89 Å². The van der Waals surface area contributed by atoms with E-state index in [0.717, 1.165) is 30.5 Å². The molecule has 0 amide bonds. The van der Waals surface area contributed by atoms with Crippen LogP contribution in [0, 0.1) is 5.92 Å². The number of rotatable bonds is 5. The van der Waals surface area contributed by atoms with E-state index in [-0.39, 0.29) is 0 Å². The monoisotopic (exact) mass is 222 g/mol. The molecule has 16 heavy (non-hydrogen) atoms. The number of hydrogen-bond donors (Lipinski definition) is 1. The SMILES string of the molecule is CCc1cnc(CNC(C)C2CCCC2)o1. The number of oxazole rings is 1. The fourth-order valence-corrected chi connectivity index (χ4v) is 2.47. The van der Waals surface area contributed by atoms with Crippen molar-refractivity contribution in [2.24, 2.45) is 5.92 Å². The zero-order valence-electron chi connectivity index (χ0n) is 10.3. The number of nitrogens with zero attached hydrogens (tertiary/aromatic N) is 1. The van der Waals surface area contributed by atoms with E-state index in [2.05, 4.69) is 24.1 Å². The van der Waals surface area contributed by atoms with Crippen molar-refractivity contribution in [1.82, 2.24) is 10.3 Å². The molecule has 1 atom stereocenters. The Hall–Kier alpha value is -0.830. The molecule has 1 aromatic heterocycles. The summed E-state index contributed by atoms with van der Waals surface area (Å²) in [4.78, 5) is 4.26. The van der Waals surface area contributed by atoms with Crippen molar-refractivity contribution in [2.75, 3.05) is 0 Å². The molecular weight excluding hydrogens is 200 g/mol. The zero-order chi connectivity index (χ0) is 11.4. The minimum absolute atomic E-state index is 0.583. The van der Waals surface area contributed by atoms with Gasteiger partial charge in [0.15, 0.2) is 0 Å². The summed E-state index contributed by atoms with van der Waals surface area (Å²) >= 11 is 0. The average molecular weight is 222 g/mol. The average Bonchev–Trinajstić information content (AvgIpc) is 2.96. The molecule has 1 aliphatic rings. The van der Waals surface area contributed by atoms with E-state index >= 15 is 0 Å². The topological polar surface area (TPSA) is 38.1 Å². The van der Waals surface area contributed by atoms with E-state index < -0.39 is 0 Å². The summed E-state index contributed by atoms with van der Waals surface area (Å²) in [6.07, 6.45) is 8.30. The van der Waals surface area contributed by atoms with Gasteiger partial charge in [-0.15, -0.1) is 0 Å². The van der Waals surface area contributed by atoms with Crippen LogP contribution in [0.5, 0.6) is 0 Å². The van der Waals surface area contributed by atoms with Gasteiger partial charge in [-0.25, -0.2) is 4.98 Å². The molecule has 1 aromatic rings. The quantitative estimate of drug-likeness (QED) is 0.832. The van der Waals surface area contributed by atoms with Crippen LogP contribution in [0.3, 0.4) is 0 Å². The molecule has 0 aliphatic heterocycles. The van der Waals surface area contributed by atoms with Crippen molar-refractivity contribution < 1.29 is 4.42 Å². The van der Waals surface area contributed by atoms with Crippen LogP contribution < -0.4 is 5.32 Å². The lowest BCUT2D eigenvalue weighted by atomic mass is 10.00. The number of hydrogen-bond acceptors (Lipinski definition) is 3. The minimum Gasteiger partial charge on any atom is -0.444 e. The predicted octanol–water partition coefficient (Wildman–Crippen LogP) is 2.91. The Morgan fingerprint density at radius 3 is 2.88 bits per heavy atom. The summed E-state index contributed by atoms with van der Waals surface area (Å²) in [5.74, 6) is 2.65. The van der Waals surface area contributed by atoms with Crippen LogP contribution >= 0.6 is 0 Å². The molecule has 0 aromatic carbocycles. The normalized spacial score (nSPS) is 19.1. The second-order valence-corrected chi connectivity index (χ2v) is 4.79. The van der Waals surface area contributed by atoms with E-state index in [9.17, 15) is 0 Å². The van der Waals surface area contributed by atoms with Crippen molar-refractivity contribution in [1.29, 1.82) is 0 Å². The van der Waals surface area contributed by atoms with Crippen LogP contribution in [0.4, 0.5) is 0 Å². The van der Waals surface area contributed by atoms with Gasteiger partial charge >= 0.3 is 0 Å². The summed E-state index contributed by atoms with van der Waals surface area (Å²) in [6, 6.07) is 0.583. The fourth-order valence-electron chi connectivity index (χ4n) is 2.47. The van der Waals surface area contributed by atoms with E-state index in [1.165, 1.54) is 25.7 Å². The molecular formula is C13H22N2O. The van der Waals surface area contributed by atoms with Crippen LogP contribution in [0.25, 0.3) is 0 Å². The van der Waals surface area contributed by atoms with Gasteiger partial charge in [-0.2, -0.15) is 0 Å². The first-order chi connectivity index (χ1) is 7.79. The third kappa shape index (κ3) is 2.85. The van der Waals surface area contributed by atoms with Crippen LogP contribution in [-0.2, 0) is 13.0 Å². The van der Waals surface area contributed by atoms with E-state index in [1.54, 1.807) is 0 Å². The Morgan fingerprint density at radius 2 is 2.25 bits per heavy atom. The first-order valence-electron chi connectivity index (χ1n) is 6.46. The largest absolute Gasteiger partial charge is 0.444 e. The summed E-state index contributed by atoms with van der Waals surface area (Å²) in [7, 11) is 0. The van der Waals surface area contributed by atoms with Crippen molar-refractivity contribution in [3.8, 4) is 0 Å². The zero-order valence-corrected chi connectivity index (χ0v) is 10.3. The molecule has 0 radical (unpaired) electrons. The second kappa shape index (κ2) is 5.48. The molecule has 3 nitrogen and oxygen atoms in total. The van der Waals surface area contributed by atoms with E-state index in [0.29, 0.717) is 6.04 Å². The molecule has 1 fully saturated rings. The maximum Gasteiger partial charge on any atom is 0.208 e. The standard InChI is InChI=1S/C13H22N2O/c1-3-12-8-15-13(16-12)9-14-10(2)11-6-4-5-7-11/h8,10-11,14H,3-7,9H2,1-2H3. The molecule has 0 saturated heterocycles. The maximum absolute atomic E-state index is 5.57. The number of aromatic nitrogens is 1. The van der Waals surface area contributed by atoms with Crippen molar-refractivity contribution in [3.63, 3.8) is 0 Å². The summed E-state index contributed by atoms with van der Waals surface area (Å²) in [5, 5.41) is 3.52. The molecule has 3 heteroatoms. The van der Waals surface area contributed by atoms with Crippen LogP contribution in [0.2, 0.25) is 0 Å². The van der Waals surface area contributed by atoms with Gasteiger partial charge in [0.25, 0.3) is 0 Å². The Morgan fingerprint density at radius 1 is 1.50 bits per heavy atom. The highest BCUT2D eigenvalue weighted by atomic mass is 16.4. The summed E-state index contributed by atoms with van der Waals surface area (Å²) in [6.45, 7) is 5.12. The van der Waals surface area contributed by atoms with Crippen molar-refractivity contribution in [2.45, 2.75) is 58.5 Å². The lowest BCUT2D eigenvalue weighted by Gasteiger charge is -2.19. The lowest BCUT2D eigenvalue weighted by molar-refractivity contribution is 0.354. The van der Waals surface area contributed by atoms with Gasteiger partial charge in [-0.3, -0.25) is 0 Å². The van der Waals surface area contributed by atoms with Crippen LogP contribution in [-0.4, -0.2) is 11.0 Å². The van der Waals surface area contributed by atoms with E-state index in [1.807, 2.05) is 6.20 Å². The lowest BCUT2D eigenvalue weighted by Crippen LogP contribution is -2.31. The summed E-state index contributed by atoms with van der Waals surface area (Å²) in [5.41, 5.74) is 0. The van der Waals surface area contributed by atoms with E-state index in [4.69, 9.17) is 4.42 Å². The molecule has 1 aliphatic carbocycles. The van der Waals surface area contributed by atoms with Gasteiger partial charge in [0.1, 0.15) is 5.76 Å². The van der Waals surface area contributed by atoms with Gasteiger partial charge in [0.05, 0.1) is 12.7 Å². The van der Waals surface area contributed by atoms with Crippen molar-refractivity contribution >= 4 is 0 Å². The number of aryl methyl sites for hydroxylation is 1. The third-order valence-electron chi connectivity index (χ3n) is 3.63. The Bertz CT molecular complexity index is 315. The molecule has 1 heterocycles. The molecule has 1 N–H and O–H groups in total. The highest BCUT2D eigenvalue weighted by molar-refractivity contribution is 4.93.